The first-order valence-electron chi connectivity index (χ1n) is 9.75. The lowest BCUT2D eigenvalue weighted by Crippen LogP contribution is -2.47. The summed E-state index contributed by atoms with van der Waals surface area (Å²) in [5.74, 6) is 1.92. The van der Waals surface area contributed by atoms with Crippen LogP contribution in [-0.2, 0) is 11.2 Å². The molecule has 0 aliphatic carbocycles. The number of benzene rings is 1. The summed E-state index contributed by atoms with van der Waals surface area (Å²) in [7, 11) is 1.67. The topological polar surface area (TPSA) is 58.6 Å². The molecule has 2 fully saturated rings. The first kappa shape index (κ1) is 18.2. The molecule has 2 saturated heterocycles. The number of hydrogen-bond donors (Lipinski definition) is 0. The molecule has 1 aromatic carbocycles. The Morgan fingerprint density at radius 2 is 2.07 bits per heavy atom. The second-order valence-electron chi connectivity index (χ2n) is 7.26. The Labute approximate surface area is 164 Å². The maximum Gasteiger partial charge on any atom is 0.245 e. The molecule has 1 aromatic heterocycles. The van der Waals surface area contributed by atoms with E-state index in [-0.39, 0.29) is 11.9 Å². The smallest absolute Gasteiger partial charge is 0.245 e. The van der Waals surface area contributed by atoms with E-state index < -0.39 is 0 Å². The van der Waals surface area contributed by atoms with Crippen molar-refractivity contribution < 1.29 is 9.53 Å². The summed E-state index contributed by atoms with van der Waals surface area (Å²) in [5, 5.41) is 0.876. The number of aromatic nitrogens is 2. The summed E-state index contributed by atoms with van der Waals surface area (Å²) in [4.78, 5) is 21.9. The monoisotopic (exact) mass is 386 g/mol. The Balaban J connectivity index is 1.45. The van der Waals surface area contributed by atoms with E-state index in [1.54, 1.807) is 7.11 Å². The normalized spacial score (nSPS) is 20.1. The fourth-order valence-electron chi connectivity index (χ4n) is 3.98. The van der Waals surface area contributed by atoms with Crippen molar-refractivity contribution in [2.75, 3.05) is 31.6 Å². The van der Waals surface area contributed by atoms with E-state index in [1.807, 2.05) is 23.1 Å². The van der Waals surface area contributed by atoms with Crippen molar-refractivity contribution in [3.63, 3.8) is 0 Å². The van der Waals surface area contributed by atoms with Crippen LogP contribution in [0.3, 0.4) is 0 Å². The molecular formula is C20H26N4O2S. The summed E-state index contributed by atoms with van der Waals surface area (Å²) >= 11 is 1.41. The number of amides is 1. The quantitative estimate of drug-likeness (QED) is 0.790. The molecule has 2 aromatic rings. The zero-order valence-electron chi connectivity index (χ0n) is 15.8. The molecule has 2 aliphatic rings. The number of carbonyl (C=O) groups excluding carboxylic acids is 1. The molecule has 3 heterocycles. The van der Waals surface area contributed by atoms with Gasteiger partial charge in [0.1, 0.15) is 17.6 Å². The molecule has 1 amide bonds. The van der Waals surface area contributed by atoms with Crippen LogP contribution in [0, 0.1) is 0 Å². The van der Waals surface area contributed by atoms with Crippen LogP contribution in [0.15, 0.2) is 24.3 Å². The molecule has 0 radical (unpaired) electrons. The molecular weight excluding hydrogens is 360 g/mol. The number of hydrogen-bond acceptors (Lipinski definition) is 6. The minimum Gasteiger partial charge on any atom is -0.497 e. The summed E-state index contributed by atoms with van der Waals surface area (Å²) in [6.07, 6.45) is 6.12. The van der Waals surface area contributed by atoms with Gasteiger partial charge in [0.25, 0.3) is 0 Å². The van der Waals surface area contributed by atoms with E-state index in [0.717, 1.165) is 67.6 Å². The molecule has 7 heteroatoms. The number of likely N-dealkylation sites (tertiary alicyclic amines) is 1. The highest BCUT2D eigenvalue weighted by Gasteiger charge is 2.35. The van der Waals surface area contributed by atoms with Crippen LogP contribution in [-0.4, -0.2) is 53.0 Å². The third-order valence-corrected chi connectivity index (χ3v) is 6.20. The first-order valence-corrected chi connectivity index (χ1v) is 10.5. The van der Waals surface area contributed by atoms with E-state index in [2.05, 4.69) is 15.3 Å². The lowest BCUT2D eigenvalue weighted by Gasteiger charge is -2.32. The molecule has 0 N–H and O–H groups in total. The van der Waals surface area contributed by atoms with Gasteiger partial charge in [-0.3, -0.25) is 4.79 Å². The van der Waals surface area contributed by atoms with Crippen molar-refractivity contribution >= 4 is 22.6 Å². The van der Waals surface area contributed by atoms with E-state index >= 15 is 0 Å². The van der Waals surface area contributed by atoms with Gasteiger partial charge in [0, 0.05) is 37.6 Å². The molecule has 0 bridgehead atoms. The zero-order chi connectivity index (χ0) is 18.6. The fourth-order valence-corrected chi connectivity index (χ4v) is 4.74. The Bertz CT molecular complexity index is 788. The Kier molecular flexibility index (Phi) is 5.57. The highest BCUT2D eigenvalue weighted by atomic mass is 32.1. The molecule has 1 atom stereocenters. The van der Waals surface area contributed by atoms with Crippen LogP contribution < -0.4 is 9.64 Å². The summed E-state index contributed by atoms with van der Waals surface area (Å²) in [5.41, 5.74) is 1.13. The van der Waals surface area contributed by atoms with Crippen molar-refractivity contribution in [2.24, 2.45) is 0 Å². The molecule has 2 aliphatic heterocycles. The number of anilines is 1. The average Bonchev–Trinajstić information content (AvgIpc) is 3.37. The fraction of sp³-hybridized carbons (Fsp3) is 0.550. The van der Waals surface area contributed by atoms with Crippen LogP contribution >= 0.6 is 11.5 Å². The van der Waals surface area contributed by atoms with E-state index in [0.29, 0.717) is 6.42 Å². The Morgan fingerprint density at radius 1 is 1.22 bits per heavy atom. The van der Waals surface area contributed by atoms with E-state index in [9.17, 15) is 4.79 Å². The third kappa shape index (κ3) is 4.08. The van der Waals surface area contributed by atoms with Gasteiger partial charge < -0.3 is 14.5 Å². The number of carbonyl (C=O) groups is 1. The molecule has 144 valence electrons. The SMILES string of the molecule is COc1cccc(Cc2nsc(N3CCCC3C(=O)N3CCCCC3)n2)c1. The standard InChI is InChI=1S/C20H26N4O2S/c1-26-16-8-5-7-15(13-16)14-18-21-20(27-22-18)24-12-6-9-17(24)19(25)23-10-3-2-4-11-23/h5,7-8,13,17H,2-4,6,9-12,14H2,1H3. The highest BCUT2D eigenvalue weighted by molar-refractivity contribution is 7.09. The predicted octanol–water partition coefficient (Wildman–Crippen LogP) is 3.12. The van der Waals surface area contributed by atoms with Gasteiger partial charge in [0.2, 0.25) is 11.0 Å². The van der Waals surface area contributed by atoms with Gasteiger partial charge in [-0.05, 0) is 49.8 Å². The number of nitrogens with zero attached hydrogens (tertiary/aromatic N) is 4. The summed E-state index contributed by atoms with van der Waals surface area (Å²) in [6, 6.07) is 7.92. The number of methoxy groups -OCH3 is 1. The van der Waals surface area contributed by atoms with E-state index in [1.165, 1.54) is 18.0 Å². The first-order chi connectivity index (χ1) is 13.2. The van der Waals surface area contributed by atoms with Crippen LogP contribution in [0.1, 0.15) is 43.5 Å². The second kappa shape index (κ2) is 8.25. The predicted molar refractivity (Wildman–Crippen MR) is 107 cm³/mol. The van der Waals surface area contributed by atoms with Crippen molar-refractivity contribution in [3.8, 4) is 5.75 Å². The highest BCUT2D eigenvalue weighted by Crippen LogP contribution is 2.29. The second-order valence-corrected chi connectivity index (χ2v) is 7.99. The van der Waals surface area contributed by atoms with Crippen molar-refractivity contribution in [3.05, 3.63) is 35.7 Å². The van der Waals surface area contributed by atoms with Gasteiger partial charge in [0.05, 0.1) is 7.11 Å². The third-order valence-electron chi connectivity index (χ3n) is 5.41. The summed E-state index contributed by atoms with van der Waals surface area (Å²) in [6.45, 7) is 2.69. The largest absolute Gasteiger partial charge is 0.497 e. The summed E-state index contributed by atoms with van der Waals surface area (Å²) < 4.78 is 9.83. The van der Waals surface area contributed by atoms with Gasteiger partial charge in [-0.15, -0.1) is 0 Å². The average molecular weight is 387 g/mol. The van der Waals surface area contributed by atoms with Crippen LogP contribution in [0.5, 0.6) is 5.75 Å². The van der Waals surface area contributed by atoms with Gasteiger partial charge in [0.15, 0.2) is 0 Å². The lowest BCUT2D eigenvalue weighted by molar-refractivity contribution is -0.133. The Hall–Kier alpha value is -2.15. The Morgan fingerprint density at radius 3 is 2.89 bits per heavy atom. The van der Waals surface area contributed by atoms with Crippen molar-refractivity contribution in [2.45, 2.75) is 44.6 Å². The molecule has 0 saturated carbocycles. The van der Waals surface area contributed by atoms with Crippen LogP contribution in [0.25, 0.3) is 0 Å². The maximum absolute atomic E-state index is 13.0. The number of ether oxygens (including phenoxy) is 1. The molecule has 0 spiro atoms. The number of rotatable bonds is 5. The van der Waals surface area contributed by atoms with Crippen LogP contribution in [0.2, 0.25) is 0 Å². The van der Waals surface area contributed by atoms with Crippen LogP contribution in [0.4, 0.5) is 5.13 Å². The van der Waals surface area contributed by atoms with Gasteiger partial charge in [-0.2, -0.15) is 4.37 Å². The van der Waals surface area contributed by atoms with Gasteiger partial charge >= 0.3 is 0 Å². The van der Waals surface area contributed by atoms with Crippen molar-refractivity contribution in [1.82, 2.24) is 14.3 Å². The molecule has 1 unspecified atom stereocenters. The molecule has 27 heavy (non-hydrogen) atoms. The van der Waals surface area contributed by atoms with Gasteiger partial charge in [-0.1, -0.05) is 12.1 Å². The zero-order valence-corrected chi connectivity index (χ0v) is 16.6. The minimum atomic E-state index is -0.0688. The minimum absolute atomic E-state index is 0.0688. The van der Waals surface area contributed by atoms with E-state index in [4.69, 9.17) is 9.72 Å². The lowest BCUT2D eigenvalue weighted by atomic mass is 10.1. The number of piperidine rings is 1. The maximum atomic E-state index is 13.0. The van der Waals surface area contributed by atoms with Gasteiger partial charge in [-0.25, -0.2) is 4.98 Å². The van der Waals surface area contributed by atoms with Crippen molar-refractivity contribution in [1.29, 1.82) is 0 Å². The molecule has 4 rings (SSSR count). The molecule has 6 nitrogen and oxygen atoms in total.